The molecule has 2 aromatic carbocycles. The van der Waals surface area contributed by atoms with Crippen molar-refractivity contribution in [2.24, 2.45) is 0 Å². The van der Waals surface area contributed by atoms with E-state index in [1.54, 1.807) is 24.3 Å². The summed E-state index contributed by atoms with van der Waals surface area (Å²) in [6.45, 7) is 0. The lowest BCUT2D eigenvalue weighted by Crippen LogP contribution is -2.21. The van der Waals surface area contributed by atoms with Crippen LogP contribution >= 0.6 is 0 Å². The Morgan fingerprint density at radius 1 is 0.889 bits per heavy atom. The zero-order chi connectivity index (χ0) is 12.9. The highest BCUT2D eigenvalue weighted by molar-refractivity contribution is 6.15. The lowest BCUT2D eigenvalue weighted by Gasteiger charge is -2.27. The van der Waals surface area contributed by atoms with E-state index in [0.717, 1.165) is 6.07 Å². The number of phenols is 1. The van der Waals surface area contributed by atoms with Gasteiger partial charge in [0.15, 0.2) is 11.9 Å². The predicted octanol–water partition coefficient (Wildman–Crippen LogP) is 1.31. The summed E-state index contributed by atoms with van der Waals surface area (Å²) in [7, 11) is 0. The van der Waals surface area contributed by atoms with Crippen LogP contribution in [-0.2, 0) is 0 Å². The zero-order valence-electron chi connectivity index (χ0n) is 9.18. The summed E-state index contributed by atoms with van der Waals surface area (Å²) in [5, 5.41) is 31.5. The number of fused-ring (bicyclic) bond motifs is 2. The number of benzene rings is 2. The lowest BCUT2D eigenvalue weighted by atomic mass is 9.82. The molecule has 1 aliphatic carbocycles. The molecule has 0 heterocycles. The molecule has 0 fully saturated rings. The van der Waals surface area contributed by atoms with E-state index in [-0.39, 0.29) is 28.5 Å². The molecule has 2 N–H and O–H groups in total. The molecule has 0 spiro atoms. The number of ketones is 1. The maximum Gasteiger partial charge on any atom is 0.197 e. The highest BCUT2D eigenvalue weighted by Gasteiger charge is 2.32. The van der Waals surface area contributed by atoms with Crippen LogP contribution in [0.2, 0.25) is 0 Å². The van der Waals surface area contributed by atoms with Gasteiger partial charge in [0.05, 0.1) is 5.56 Å². The molecule has 0 unspecified atom stereocenters. The molecule has 2 aromatic rings. The molecule has 0 atom stereocenters. The van der Waals surface area contributed by atoms with E-state index < -0.39 is 11.5 Å². The maximum absolute atomic E-state index is 12.2. The zero-order valence-corrected chi connectivity index (χ0v) is 9.18. The number of hydrogen-bond acceptors (Lipinski definition) is 4. The van der Waals surface area contributed by atoms with E-state index >= 15 is 0 Å². The number of hydrogen-bond donors (Lipinski definition) is 2. The Balaban J connectivity index is 2.37. The molecule has 18 heavy (non-hydrogen) atoms. The number of phenolic OH excluding ortho intramolecular Hbond substituents is 1. The molecule has 89 valence electrons. The number of carbonyl (C=O) groups excluding carboxylic acids is 1. The highest BCUT2D eigenvalue weighted by atomic mass is 16.3. The molecule has 4 nitrogen and oxygen atoms in total. The number of aromatic hydroxyl groups is 1. The molecular weight excluding hydrogens is 232 g/mol. The van der Waals surface area contributed by atoms with Crippen LogP contribution in [0.4, 0.5) is 0 Å². The first-order valence-electron chi connectivity index (χ1n) is 5.34. The van der Waals surface area contributed by atoms with Crippen LogP contribution in [0.1, 0.15) is 27.0 Å². The van der Waals surface area contributed by atoms with Gasteiger partial charge in [-0.2, -0.15) is 0 Å². The molecule has 0 bridgehead atoms. The van der Waals surface area contributed by atoms with Gasteiger partial charge in [-0.25, -0.2) is 0 Å². The summed E-state index contributed by atoms with van der Waals surface area (Å²) in [6, 6.07) is 8.74. The van der Waals surface area contributed by atoms with Crippen LogP contribution in [0.25, 0.3) is 0 Å². The van der Waals surface area contributed by atoms with Gasteiger partial charge in [0.2, 0.25) is 0 Å². The van der Waals surface area contributed by atoms with Gasteiger partial charge in [-0.1, -0.05) is 30.3 Å². The standard InChI is InChI=1S/C14H9O4/c15-9-5-6-10(16)12-11(9)13(17)7-3-1-2-4-8(7)14(12)18/h1-6,15-17H/p-1. The largest absolute Gasteiger partial charge is 0.872 e. The van der Waals surface area contributed by atoms with Gasteiger partial charge in [-0.3, -0.25) is 4.79 Å². The van der Waals surface area contributed by atoms with E-state index in [2.05, 4.69) is 0 Å². The molecule has 1 aliphatic rings. The number of rotatable bonds is 0. The second kappa shape index (κ2) is 3.58. The first-order valence-corrected chi connectivity index (χ1v) is 5.34. The van der Waals surface area contributed by atoms with E-state index in [1.807, 2.05) is 0 Å². The SMILES string of the molecule is O=C1c2ccccc2[C](O)c2c([O-])ccc(O)c21. The third-order valence-corrected chi connectivity index (χ3v) is 3.04. The smallest absolute Gasteiger partial charge is 0.197 e. The van der Waals surface area contributed by atoms with Crippen molar-refractivity contribution in [1.82, 2.24) is 0 Å². The third kappa shape index (κ3) is 1.26. The van der Waals surface area contributed by atoms with Gasteiger partial charge < -0.3 is 15.3 Å². The van der Waals surface area contributed by atoms with Crippen LogP contribution in [0, 0.1) is 6.10 Å². The highest BCUT2D eigenvalue weighted by Crippen LogP contribution is 2.41. The van der Waals surface area contributed by atoms with Crippen molar-refractivity contribution >= 4 is 5.78 Å². The van der Waals surface area contributed by atoms with Crippen molar-refractivity contribution in [1.29, 1.82) is 0 Å². The minimum atomic E-state index is -0.483. The first kappa shape index (κ1) is 10.8. The van der Waals surface area contributed by atoms with E-state index in [1.165, 1.54) is 6.07 Å². The Morgan fingerprint density at radius 2 is 1.56 bits per heavy atom. The van der Waals surface area contributed by atoms with Crippen molar-refractivity contribution < 1.29 is 20.1 Å². The summed E-state index contributed by atoms with van der Waals surface area (Å²) in [5.41, 5.74) is 0.346. The van der Waals surface area contributed by atoms with Crippen LogP contribution in [0.5, 0.6) is 11.5 Å². The molecule has 0 saturated heterocycles. The fraction of sp³-hybridized carbons (Fsp3) is 0. The van der Waals surface area contributed by atoms with Crippen LogP contribution in [0.15, 0.2) is 36.4 Å². The average Bonchev–Trinajstić information content (AvgIpc) is 2.38. The molecule has 0 amide bonds. The number of aliphatic hydroxyl groups excluding tert-OH is 1. The van der Waals surface area contributed by atoms with Crippen molar-refractivity contribution in [2.45, 2.75) is 0 Å². The Labute approximate surface area is 103 Å². The van der Waals surface area contributed by atoms with E-state index in [0.29, 0.717) is 5.56 Å². The second-order valence-electron chi connectivity index (χ2n) is 4.06. The van der Waals surface area contributed by atoms with E-state index in [9.17, 15) is 20.1 Å². The first-order chi connectivity index (χ1) is 8.61. The molecular formula is C14H8O4-. The van der Waals surface area contributed by atoms with Gasteiger partial charge in [0.1, 0.15) is 5.75 Å². The van der Waals surface area contributed by atoms with Crippen LogP contribution in [0.3, 0.4) is 0 Å². The van der Waals surface area contributed by atoms with Crippen molar-refractivity contribution in [3.05, 3.63) is 64.8 Å². The Bertz CT molecular complexity index is 661. The summed E-state index contributed by atoms with van der Waals surface area (Å²) >= 11 is 0. The summed E-state index contributed by atoms with van der Waals surface area (Å²) in [5.74, 6) is -1.23. The molecule has 4 heteroatoms. The normalized spacial score (nSPS) is 14.2. The fourth-order valence-corrected chi connectivity index (χ4v) is 2.19. The monoisotopic (exact) mass is 240 g/mol. The molecule has 0 aromatic heterocycles. The molecule has 3 rings (SSSR count). The molecule has 0 aliphatic heterocycles. The third-order valence-electron chi connectivity index (χ3n) is 3.04. The van der Waals surface area contributed by atoms with Crippen molar-refractivity contribution in [2.75, 3.05) is 0 Å². The quantitative estimate of drug-likeness (QED) is 0.727. The van der Waals surface area contributed by atoms with Crippen LogP contribution in [-0.4, -0.2) is 16.0 Å². The molecule has 1 radical (unpaired) electrons. The average molecular weight is 240 g/mol. The Morgan fingerprint density at radius 3 is 2.28 bits per heavy atom. The second-order valence-corrected chi connectivity index (χ2v) is 4.06. The van der Waals surface area contributed by atoms with Crippen LogP contribution < -0.4 is 5.11 Å². The van der Waals surface area contributed by atoms with E-state index in [4.69, 9.17) is 0 Å². The Hall–Kier alpha value is -2.33. The number of carbonyl (C=O) groups is 1. The van der Waals surface area contributed by atoms with Crippen molar-refractivity contribution in [3.63, 3.8) is 0 Å². The van der Waals surface area contributed by atoms with Gasteiger partial charge in [0.25, 0.3) is 0 Å². The summed E-state index contributed by atoms with van der Waals surface area (Å²) in [4.78, 5) is 12.2. The summed E-state index contributed by atoms with van der Waals surface area (Å²) < 4.78 is 0. The van der Waals surface area contributed by atoms with Gasteiger partial charge in [-0.15, -0.1) is 5.75 Å². The van der Waals surface area contributed by atoms with Gasteiger partial charge >= 0.3 is 0 Å². The van der Waals surface area contributed by atoms with Gasteiger partial charge in [0, 0.05) is 11.1 Å². The maximum atomic E-state index is 12.2. The predicted molar refractivity (Wildman–Crippen MR) is 60.8 cm³/mol. The number of aliphatic hydroxyl groups is 1. The molecule has 0 saturated carbocycles. The lowest BCUT2D eigenvalue weighted by molar-refractivity contribution is -0.269. The fourth-order valence-electron chi connectivity index (χ4n) is 2.19. The summed E-state index contributed by atoms with van der Waals surface area (Å²) in [6.07, 6.45) is -0.263. The minimum absolute atomic E-state index is 0.126. The minimum Gasteiger partial charge on any atom is -0.872 e. The van der Waals surface area contributed by atoms with Crippen molar-refractivity contribution in [3.8, 4) is 11.5 Å². The Kier molecular flexibility index (Phi) is 2.15. The topological polar surface area (TPSA) is 80.6 Å². The van der Waals surface area contributed by atoms with Gasteiger partial charge in [-0.05, 0) is 11.6 Å².